The third-order valence-corrected chi connectivity index (χ3v) is 3.13. The van der Waals surface area contributed by atoms with Crippen LogP contribution in [0.4, 0.5) is 5.69 Å². The van der Waals surface area contributed by atoms with Crippen LogP contribution < -0.4 is 5.32 Å². The summed E-state index contributed by atoms with van der Waals surface area (Å²) in [5.74, 6) is 0. The highest BCUT2D eigenvalue weighted by Crippen LogP contribution is 2.21. The van der Waals surface area contributed by atoms with Gasteiger partial charge in [0.15, 0.2) is 0 Å². The second-order valence-electron chi connectivity index (χ2n) is 3.82. The highest BCUT2D eigenvalue weighted by atomic mass is 79.9. The number of aryl methyl sites for hydroxylation is 1. The summed E-state index contributed by atoms with van der Waals surface area (Å²) in [6.45, 7) is 2.96. The Kier molecular flexibility index (Phi) is 3.62. The molecule has 1 N–H and O–H groups in total. The average Bonchev–Trinajstić information content (AvgIpc) is 2.28. The van der Waals surface area contributed by atoms with Gasteiger partial charge in [0.05, 0.1) is 0 Å². The smallest absolute Gasteiger partial charge is 0.0487 e. The second-order valence-corrected chi connectivity index (χ2v) is 4.68. The molecule has 0 aliphatic rings. The predicted octanol–water partition coefficient (Wildman–Crippen LogP) is 4.37. The van der Waals surface area contributed by atoms with E-state index < -0.39 is 0 Å². The van der Waals surface area contributed by atoms with Crippen molar-refractivity contribution >= 4 is 21.6 Å². The molecule has 2 rings (SSSR count). The van der Waals surface area contributed by atoms with Gasteiger partial charge in [-0.3, -0.25) is 0 Å². The largest absolute Gasteiger partial charge is 0.380 e. The summed E-state index contributed by atoms with van der Waals surface area (Å²) in [6, 6.07) is 16.7. The number of anilines is 1. The molecule has 2 aromatic rings. The van der Waals surface area contributed by atoms with Crippen LogP contribution in [0.15, 0.2) is 53.0 Å². The van der Waals surface area contributed by atoms with Gasteiger partial charge in [0, 0.05) is 16.7 Å². The van der Waals surface area contributed by atoms with Gasteiger partial charge in [-0.25, -0.2) is 0 Å². The lowest BCUT2D eigenvalue weighted by Gasteiger charge is -2.08. The number of rotatable bonds is 3. The maximum Gasteiger partial charge on any atom is 0.0487 e. The van der Waals surface area contributed by atoms with E-state index in [-0.39, 0.29) is 0 Å². The monoisotopic (exact) mass is 275 g/mol. The zero-order chi connectivity index (χ0) is 11.4. The zero-order valence-corrected chi connectivity index (χ0v) is 10.8. The zero-order valence-electron chi connectivity index (χ0n) is 9.20. The van der Waals surface area contributed by atoms with E-state index in [1.165, 1.54) is 11.1 Å². The standard InChI is InChI=1S/C14H14BrN/c1-11-5-4-6-12(9-11)10-16-14-8-3-2-7-13(14)15/h2-9,16H,10H2,1H3. The fraction of sp³-hybridized carbons (Fsp3) is 0.143. The van der Waals surface area contributed by atoms with Gasteiger partial charge in [-0.1, -0.05) is 42.0 Å². The van der Waals surface area contributed by atoms with E-state index in [1.54, 1.807) is 0 Å². The molecule has 0 unspecified atom stereocenters. The third-order valence-electron chi connectivity index (χ3n) is 2.44. The fourth-order valence-electron chi connectivity index (χ4n) is 1.62. The highest BCUT2D eigenvalue weighted by molar-refractivity contribution is 9.10. The molecule has 82 valence electrons. The summed E-state index contributed by atoms with van der Waals surface area (Å²) >= 11 is 3.52. The Morgan fingerprint density at radius 2 is 1.88 bits per heavy atom. The molecule has 0 spiro atoms. The molecule has 0 aliphatic carbocycles. The molecule has 0 aliphatic heterocycles. The first-order chi connectivity index (χ1) is 7.75. The molecule has 16 heavy (non-hydrogen) atoms. The SMILES string of the molecule is Cc1cccc(CNc2ccccc2Br)c1. The minimum absolute atomic E-state index is 0.851. The minimum atomic E-state index is 0.851. The van der Waals surface area contributed by atoms with Gasteiger partial charge in [-0.2, -0.15) is 0 Å². The van der Waals surface area contributed by atoms with Gasteiger partial charge in [-0.05, 0) is 40.5 Å². The maximum absolute atomic E-state index is 3.52. The third kappa shape index (κ3) is 2.86. The van der Waals surface area contributed by atoms with Crippen molar-refractivity contribution in [2.24, 2.45) is 0 Å². The van der Waals surface area contributed by atoms with Crippen LogP contribution in [0.5, 0.6) is 0 Å². The summed E-state index contributed by atoms with van der Waals surface area (Å²) in [4.78, 5) is 0. The maximum atomic E-state index is 3.52. The van der Waals surface area contributed by atoms with Crippen molar-refractivity contribution in [2.75, 3.05) is 5.32 Å². The van der Waals surface area contributed by atoms with Crippen LogP contribution in [-0.2, 0) is 6.54 Å². The van der Waals surface area contributed by atoms with Crippen LogP contribution >= 0.6 is 15.9 Å². The summed E-state index contributed by atoms with van der Waals surface area (Å²) < 4.78 is 1.10. The molecular formula is C14H14BrN. The number of hydrogen-bond donors (Lipinski definition) is 1. The van der Waals surface area contributed by atoms with E-state index >= 15 is 0 Å². The van der Waals surface area contributed by atoms with Gasteiger partial charge < -0.3 is 5.32 Å². The van der Waals surface area contributed by atoms with E-state index in [0.29, 0.717) is 0 Å². The Balaban J connectivity index is 2.05. The molecular weight excluding hydrogens is 262 g/mol. The minimum Gasteiger partial charge on any atom is -0.380 e. The quantitative estimate of drug-likeness (QED) is 0.877. The molecule has 0 saturated heterocycles. The van der Waals surface area contributed by atoms with Gasteiger partial charge in [0.25, 0.3) is 0 Å². The first-order valence-electron chi connectivity index (χ1n) is 5.29. The molecule has 1 nitrogen and oxygen atoms in total. The second kappa shape index (κ2) is 5.17. The number of para-hydroxylation sites is 1. The summed E-state index contributed by atoms with van der Waals surface area (Å²) in [6.07, 6.45) is 0. The molecule has 2 heteroatoms. The fourth-order valence-corrected chi connectivity index (χ4v) is 2.05. The Morgan fingerprint density at radius 3 is 2.62 bits per heavy atom. The van der Waals surface area contributed by atoms with Crippen molar-refractivity contribution in [1.82, 2.24) is 0 Å². The number of halogens is 1. The van der Waals surface area contributed by atoms with Crippen LogP contribution in [0, 0.1) is 6.92 Å². The lowest BCUT2D eigenvalue weighted by atomic mass is 10.1. The Morgan fingerprint density at radius 1 is 1.06 bits per heavy atom. The number of benzene rings is 2. The highest BCUT2D eigenvalue weighted by Gasteiger charge is 1.97. The Labute approximate surface area is 105 Å². The summed E-state index contributed by atoms with van der Waals surface area (Å²) in [5.41, 5.74) is 3.73. The van der Waals surface area contributed by atoms with Crippen molar-refractivity contribution < 1.29 is 0 Å². The number of nitrogens with one attached hydrogen (secondary N) is 1. The van der Waals surface area contributed by atoms with Crippen LogP contribution in [-0.4, -0.2) is 0 Å². The lowest BCUT2D eigenvalue weighted by Crippen LogP contribution is -1.99. The van der Waals surface area contributed by atoms with Crippen LogP contribution in [0.3, 0.4) is 0 Å². The molecule has 0 fully saturated rings. The van der Waals surface area contributed by atoms with E-state index in [2.05, 4.69) is 58.5 Å². The van der Waals surface area contributed by atoms with Crippen LogP contribution in [0.2, 0.25) is 0 Å². The van der Waals surface area contributed by atoms with Crippen LogP contribution in [0.1, 0.15) is 11.1 Å². The van der Waals surface area contributed by atoms with Crippen molar-refractivity contribution in [1.29, 1.82) is 0 Å². The first-order valence-corrected chi connectivity index (χ1v) is 6.09. The summed E-state index contributed by atoms with van der Waals surface area (Å²) in [7, 11) is 0. The Hall–Kier alpha value is -1.28. The average molecular weight is 276 g/mol. The van der Waals surface area contributed by atoms with Gasteiger partial charge in [0.2, 0.25) is 0 Å². The topological polar surface area (TPSA) is 12.0 Å². The molecule has 0 amide bonds. The molecule has 0 heterocycles. The van der Waals surface area contributed by atoms with E-state index in [9.17, 15) is 0 Å². The molecule has 0 atom stereocenters. The van der Waals surface area contributed by atoms with Crippen molar-refractivity contribution in [2.45, 2.75) is 13.5 Å². The lowest BCUT2D eigenvalue weighted by molar-refractivity contribution is 1.14. The van der Waals surface area contributed by atoms with Crippen molar-refractivity contribution in [3.63, 3.8) is 0 Å². The van der Waals surface area contributed by atoms with E-state index in [0.717, 1.165) is 16.7 Å². The van der Waals surface area contributed by atoms with Gasteiger partial charge >= 0.3 is 0 Å². The van der Waals surface area contributed by atoms with Gasteiger partial charge in [-0.15, -0.1) is 0 Å². The predicted molar refractivity (Wildman–Crippen MR) is 72.6 cm³/mol. The van der Waals surface area contributed by atoms with Crippen LogP contribution in [0.25, 0.3) is 0 Å². The molecule has 0 aromatic heterocycles. The van der Waals surface area contributed by atoms with Crippen molar-refractivity contribution in [3.8, 4) is 0 Å². The molecule has 0 radical (unpaired) electrons. The molecule has 0 bridgehead atoms. The molecule has 0 saturated carbocycles. The van der Waals surface area contributed by atoms with Crippen molar-refractivity contribution in [3.05, 3.63) is 64.1 Å². The summed E-state index contributed by atoms with van der Waals surface area (Å²) in [5, 5.41) is 3.41. The number of hydrogen-bond acceptors (Lipinski definition) is 1. The first kappa shape index (κ1) is 11.2. The van der Waals surface area contributed by atoms with E-state index in [4.69, 9.17) is 0 Å². The normalized spacial score (nSPS) is 10.1. The van der Waals surface area contributed by atoms with Gasteiger partial charge in [0.1, 0.15) is 0 Å². The molecule has 2 aromatic carbocycles. The van der Waals surface area contributed by atoms with E-state index in [1.807, 2.05) is 18.2 Å². The Bertz CT molecular complexity index is 480.